The Morgan fingerprint density at radius 2 is 2.00 bits per heavy atom. The monoisotopic (exact) mass is 325 g/mol. The van der Waals surface area contributed by atoms with Crippen molar-refractivity contribution in [3.63, 3.8) is 0 Å². The number of alkyl halides is 2. The van der Waals surface area contributed by atoms with E-state index in [1.165, 1.54) is 12.1 Å². The van der Waals surface area contributed by atoms with E-state index in [1.807, 2.05) is 18.4 Å². The first kappa shape index (κ1) is 16.5. The van der Waals surface area contributed by atoms with Crippen molar-refractivity contribution in [1.29, 1.82) is 0 Å². The topological polar surface area (TPSA) is 39.9 Å². The van der Waals surface area contributed by atoms with Crippen molar-refractivity contribution in [2.45, 2.75) is 37.4 Å². The smallest absolute Gasteiger partial charge is 0.387 e. The van der Waals surface area contributed by atoms with Gasteiger partial charge in [0.05, 0.1) is 0 Å². The summed E-state index contributed by atoms with van der Waals surface area (Å²) in [7, 11) is 0. The van der Waals surface area contributed by atoms with Crippen LogP contribution in [0.5, 0.6) is 5.75 Å². The van der Waals surface area contributed by atoms with Gasteiger partial charge in [0, 0.05) is 11.8 Å². The van der Waals surface area contributed by atoms with Gasteiger partial charge in [0.25, 0.3) is 0 Å². The van der Waals surface area contributed by atoms with Gasteiger partial charge >= 0.3 is 6.61 Å². The summed E-state index contributed by atoms with van der Waals surface area (Å²) >= 11 is 1.56. The summed E-state index contributed by atoms with van der Waals surface area (Å²) < 4.78 is 30.6. The number of rotatable bonds is 7. The molecule has 2 aromatic rings. The summed E-state index contributed by atoms with van der Waals surface area (Å²) in [6.07, 6.45) is 1.79. The molecule has 7 heteroatoms. The minimum absolute atomic E-state index is 0.104. The number of ether oxygens (including phenoxy) is 1. The van der Waals surface area contributed by atoms with E-state index in [1.54, 1.807) is 30.0 Å². The van der Waals surface area contributed by atoms with Gasteiger partial charge < -0.3 is 9.30 Å². The lowest BCUT2D eigenvalue weighted by Gasteiger charge is -2.13. The lowest BCUT2D eigenvalue weighted by molar-refractivity contribution is -0.0498. The summed E-state index contributed by atoms with van der Waals surface area (Å²) in [5, 5.41) is 9.14. The molecule has 1 aromatic carbocycles. The van der Waals surface area contributed by atoms with Gasteiger partial charge in [-0.15, -0.1) is 16.8 Å². The fourth-order valence-corrected chi connectivity index (χ4v) is 2.97. The Morgan fingerprint density at radius 3 is 2.59 bits per heavy atom. The van der Waals surface area contributed by atoms with E-state index >= 15 is 0 Å². The minimum atomic E-state index is -2.81. The third-order valence-electron chi connectivity index (χ3n) is 3.07. The third-order valence-corrected chi connectivity index (χ3v) is 4.21. The van der Waals surface area contributed by atoms with Gasteiger partial charge in [0.1, 0.15) is 11.6 Å². The van der Waals surface area contributed by atoms with Gasteiger partial charge in [-0.1, -0.05) is 30.0 Å². The van der Waals surface area contributed by atoms with Crippen LogP contribution in [0.2, 0.25) is 0 Å². The van der Waals surface area contributed by atoms with Crippen molar-refractivity contribution < 1.29 is 13.5 Å². The van der Waals surface area contributed by atoms with Crippen LogP contribution >= 0.6 is 11.8 Å². The largest absolute Gasteiger partial charge is 0.435 e. The number of aryl methyl sites for hydroxylation is 1. The highest BCUT2D eigenvalue weighted by Gasteiger charge is 2.14. The Morgan fingerprint density at radius 1 is 1.32 bits per heavy atom. The maximum Gasteiger partial charge on any atom is 0.387 e. The summed E-state index contributed by atoms with van der Waals surface area (Å²) in [6.45, 7) is 5.48. The second-order valence-corrected chi connectivity index (χ2v) is 5.94. The molecule has 0 N–H and O–H groups in total. The van der Waals surface area contributed by atoms with E-state index in [9.17, 15) is 8.78 Å². The van der Waals surface area contributed by atoms with Gasteiger partial charge in [0.2, 0.25) is 0 Å². The molecule has 0 aliphatic rings. The van der Waals surface area contributed by atoms with Gasteiger partial charge in [0.15, 0.2) is 5.16 Å². The third kappa shape index (κ3) is 4.07. The van der Waals surface area contributed by atoms with E-state index < -0.39 is 6.61 Å². The molecule has 1 heterocycles. The second kappa shape index (κ2) is 7.40. The molecule has 1 atom stereocenters. The lowest BCUT2D eigenvalue weighted by atomic mass is 10.2. The van der Waals surface area contributed by atoms with Gasteiger partial charge in [-0.05, 0) is 31.5 Å². The number of halogens is 2. The zero-order valence-corrected chi connectivity index (χ0v) is 13.2. The summed E-state index contributed by atoms with van der Waals surface area (Å²) in [4.78, 5) is 0. The molecule has 0 aliphatic heterocycles. The van der Waals surface area contributed by atoms with Crippen LogP contribution in [0.4, 0.5) is 8.78 Å². The van der Waals surface area contributed by atoms with Crippen LogP contribution in [-0.2, 0) is 6.54 Å². The molecule has 1 aromatic heterocycles. The van der Waals surface area contributed by atoms with Crippen molar-refractivity contribution in [3.8, 4) is 5.75 Å². The van der Waals surface area contributed by atoms with E-state index in [0.717, 1.165) is 16.5 Å². The lowest BCUT2D eigenvalue weighted by Crippen LogP contribution is -2.02. The molecule has 0 bridgehead atoms. The Bertz CT molecular complexity index is 628. The predicted molar refractivity (Wildman–Crippen MR) is 82.3 cm³/mol. The van der Waals surface area contributed by atoms with Gasteiger partial charge in [-0.3, -0.25) is 0 Å². The standard InChI is InChI=1S/C15H17F2N3OS/c1-4-9-20-11(3)18-19-15(20)22-10(2)12-5-7-13(8-6-12)21-14(16)17/h4-8,10,14H,1,9H2,2-3H3. The van der Waals surface area contributed by atoms with Crippen LogP contribution in [0.1, 0.15) is 23.6 Å². The maximum atomic E-state index is 12.1. The highest BCUT2D eigenvalue weighted by Crippen LogP contribution is 2.34. The summed E-state index contributed by atoms with van der Waals surface area (Å²) in [6, 6.07) is 6.63. The average molecular weight is 325 g/mol. The Balaban J connectivity index is 2.08. The highest BCUT2D eigenvalue weighted by molar-refractivity contribution is 7.99. The molecule has 118 valence electrons. The first-order valence-electron chi connectivity index (χ1n) is 6.73. The highest BCUT2D eigenvalue weighted by atomic mass is 32.2. The number of thioether (sulfide) groups is 1. The number of hydrogen-bond donors (Lipinski definition) is 0. The van der Waals surface area contributed by atoms with E-state index in [4.69, 9.17) is 0 Å². The minimum Gasteiger partial charge on any atom is -0.435 e. The van der Waals surface area contributed by atoms with Crippen LogP contribution in [0.3, 0.4) is 0 Å². The van der Waals surface area contributed by atoms with E-state index in [2.05, 4.69) is 21.5 Å². The van der Waals surface area contributed by atoms with Gasteiger partial charge in [-0.25, -0.2) is 0 Å². The Hall–Kier alpha value is -1.89. The number of aromatic nitrogens is 3. The molecular weight excluding hydrogens is 308 g/mol. The van der Waals surface area contributed by atoms with E-state index in [0.29, 0.717) is 6.54 Å². The van der Waals surface area contributed by atoms with Crippen molar-refractivity contribution in [2.75, 3.05) is 0 Å². The molecule has 0 spiro atoms. The molecule has 0 fully saturated rings. The summed E-state index contributed by atoms with van der Waals surface area (Å²) in [5.74, 6) is 0.983. The SMILES string of the molecule is C=CCn1c(C)nnc1SC(C)c1ccc(OC(F)F)cc1. The van der Waals surface area contributed by atoms with Crippen molar-refractivity contribution >= 4 is 11.8 Å². The van der Waals surface area contributed by atoms with Gasteiger partial charge in [-0.2, -0.15) is 8.78 Å². The molecule has 2 rings (SSSR count). The van der Waals surface area contributed by atoms with Crippen LogP contribution in [0, 0.1) is 6.92 Å². The molecule has 4 nitrogen and oxygen atoms in total. The molecule has 0 saturated carbocycles. The molecule has 0 aliphatic carbocycles. The van der Waals surface area contributed by atoms with Crippen LogP contribution in [0.25, 0.3) is 0 Å². The number of benzene rings is 1. The number of nitrogens with zero attached hydrogens (tertiary/aromatic N) is 3. The van der Waals surface area contributed by atoms with E-state index in [-0.39, 0.29) is 11.0 Å². The molecule has 0 amide bonds. The average Bonchev–Trinajstić information content (AvgIpc) is 2.81. The van der Waals surface area contributed by atoms with Crippen molar-refractivity contribution in [2.24, 2.45) is 0 Å². The van der Waals surface area contributed by atoms with Crippen molar-refractivity contribution in [3.05, 3.63) is 48.3 Å². The van der Waals surface area contributed by atoms with Crippen LogP contribution < -0.4 is 4.74 Å². The number of hydrogen-bond acceptors (Lipinski definition) is 4. The normalized spacial score (nSPS) is 12.4. The molecule has 0 radical (unpaired) electrons. The van der Waals surface area contributed by atoms with Crippen molar-refractivity contribution in [1.82, 2.24) is 14.8 Å². The summed E-state index contributed by atoms with van der Waals surface area (Å²) in [5.41, 5.74) is 0.998. The Kier molecular flexibility index (Phi) is 5.54. The zero-order chi connectivity index (χ0) is 16.1. The molecule has 22 heavy (non-hydrogen) atoms. The second-order valence-electron chi connectivity index (χ2n) is 4.64. The fraction of sp³-hybridized carbons (Fsp3) is 0.333. The zero-order valence-electron chi connectivity index (χ0n) is 12.4. The molecule has 0 saturated heterocycles. The Labute approximate surface area is 132 Å². The first-order chi connectivity index (χ1) is 10.5. The quantitative estimate of drug-likeness (QED) is 0.564. The van der Waals surface area contributed by atoms with Crippen LogP contribution in [-0.4, -0.2) is 21.4 Å². The van der Waals surface area contributed by atoms with Crippen LogP contribution in [0.15, 0.2) is 42.1 Å². The first-order valence-corrected chi connectivity index (χ1v) is 7.61. The predicted octanol–water partition coefficient (Wildman–Crippen LogP) is 4.23. The molecular formula is C15H17F2N3OS. The fourth-order valence-electron chi connectivity index (χ4n) is 1.93. The maximum absolute atomic E-state index is 12.1. The number of allylic oxidation sites excluding steroid dienone is 1. The molecule has 1 unspecified atom stereocenters.